The molecule has 0 unspecified atom stereocenters. The summed E-state index contributed by atoms with van der Waals surface area (Å²) in [6.45, 7) is 3.02. The molecule has 44 heavy (non-hydrogen) atoms. The van der Waals surface area contributed by atoms with Gasteiger partial charge in [0.1, 0.15) is 5.75 Å². The first kappa shape index (κ1) is 30.8. The Kier molecular flexibility index (Phi) is 9.64. The smallest absolute Gasteiger partial charge is 0.255 e. The van der Waals surface area contributed by atoms with Crippen molar-refractivity contribution in [3.8, 4) is 17.2 Å². The van der Waals surface area contributed by atoms with Gasteiger partial charge < -0.3 is 33.9 Å². The second-order valence-electron chi connectivity index (χ2n) is 11.1. The van der Waals surface area contributed by atoms with Gasteiger partial charge in [-0.3, -0.25) is 19.2 Å². The van der Waals surface area contributed by atoms with Gasteiger partial charge in [-0.05, 0) is 61.2 Å². The van der Waals surface area contributed by atoms with Crippen LogP contribution in [-0.4, -0.2) is 77.5 Å². The van der Waals surface area contributed by atoms with Gasteiger partial charge in [0.25, 0.3) is 5.91 Å². The summed E-state index contributed by atoms with van der Waals surface area (Å²) >= 11 is 0. The number of nitrogens with zero attached hydrogens (tertiary/aromatic N) is 3. The van der Waals surface area contributed by atoms with E-state index in [-0.39, 0.29) is 55.4 Å². The second-order valence-corrected chi connectivity index (χ2v) is 11.1. The van der Waals surface area contributed by atoms with E-state index in [0.29, 0.717) is 48.7 Å². The number of ether oxygens (including phenoxy) is 3. The van der Waals surface area contributed by atoms with Gasteiger partial charge >= 0.3 is 0 Å². The lowest BCUT2D eigenvalue weighted by Crippen LogP contribution is -2.57. The fraction of sp³-hybridized carbons (Fsp3) is 0.394. The highest BCUT2D eigenvalue weighted by Gasteiger charge is 2.34. The minimum Gasteiger partial charge on any atom is -0.493 e. The Labute approximate surface area is 256 Å². The molecular weight excluding hydrogens is 564 g/mol. The van der Waals surface area contributed by atoms with Crippen molar-refractivity contribution in [2.24, 2.45) is 7.05 Å². The molecule has 0 spiro atoms. The van der Waals surface area contributed by atoms with Crippen LogP contribution in [0.15, 0.2) is 65.6 Å². The summed E-state index contributed by atoms with van der Waals surface area (Å²) in [7, 11) is 3.18. The number of rotatable bonds is 3. The molecule has 1 N–H and O–H groups in total. The molecule has 2 aliphatic heterocycles. The zero-order valence-electron chi connectivity index (χ0n) is 25.3. The Morgan fingerprint density at radius 1 is 1.05 bits per heavy atom. The molecule has 0 aliphatic carbocycles. The largest absolute Gasteiger partial charge is 0.493 e. The quantitative estimate of drug-likeness (QED) is 0.490. The second kappa shape index (κ2) is 13.8. The van der Waals surface area contributed by atoms with Crippen molar-refractivity contribution in [1.82, 2.24) is 19.7 Å². The van der Waals surface area contributed by atoms with Gasteiger partial charge in [-0.25, -0.2) is 0 Å². The number of hydrogen-bond acceptors (Lipinski definition) is 7. The average molecular weight is 603 g/mol. The van der Waals surface area contributed by atoms with Gasteiger partial charge in [0.2, 0.25) is 17.4 Å². The number of benzene rings is 2. The van der Waals surface area contributed by atoms with Crippen molar-refractivity contribution >= 4 is 17.7 Å². The van der Waals surface area contributed by atoms with Gasteiger partial charge in [-0.2, -0.15) is 0 Å². The topological polar surface area (TPSA) is 119 Å². The predicted molar refractivity (Wildman–Crippen MR) is 163 cm³/mol. The van der Waals surface area contributed by atoms with Gasteiger partial charge in [0.15, 0.2) is 11.5 Å². The van der Waals surface area contributed by atoms with Gasteiger partial charge in [-0.1, -0.05) is 18.2 Å². The molecule has 11 nitrogen and oxygen atoms in total. The maximum absolute atomic E-state index is 13.4. The van der Waals surface area contributed by atoms with Crippen LogP contribution in [-0.2, 0) is 34.4 Å². The van der Waals surface area contributed by atoms with E-state index in [1.54, 1.807) is 24.0 Å². The fourth-order valence-corrected chi connectivity index (χ4v) is 5.53. The Morgan fingerprint density at radius 3 is 2.66 bits per heavy atom. The van der Waals surface area contributed by atoms with Crippen molar-refractivity contribution < 1.29 is 28.6 Å². The van der Waals surface area contributed by atoms with Crippen LogP contribution in [0, 0.1) is 0 Å². The number of hydrogen-bond donors (Lipinski definition) is 1. The van der Waals surface area contributed by atoms with Crippen molar-refractivity contribution in [3.63, 3.8) is 0 Å². The van der Waals surface area contributed by atoms with E-state index < -0.39 is 6.10 Å². The van der Waals surface area contributed by atoms with Crippen LogP contribution < -0.4 is 20.3 Å². The third-order valence-corrected chi connectivity index (χ3v) is 8.04. The third-order valence-electron chi connectivity index (χ3n) is 8.04. The average Bonchev–Trinajstić information content (AvgIpc) is 3.02. The highest BCUT2D eigenvalue weighted by atomic mass is 16.5. The van der Waals surface area contributed by atoms with E-state index in [2.05, 4.69) is 5.32 Å². The summed E-state index contributed by atoms with van der Waals surface area (Å²) in [6, 6.07) is 15.6. The molecule has 3 heterocycles. The Morgan fingerprint density at radius 2 is 1.89 bits per heavy atom. The van der Waals surface area contributed by atoms with Crippen molar-refractivity contribution in [1.29, 1.82) is 0 Å². The lowest BCUT2D eigenvalue weighted by molar-refractivity contribution is -0.136. The number of aryl methyl sites for hydroxylation is 2. The van der Waals surface area contributed by atoms with E-state index in [9.17, 15) is 19.2 Å². The minimum absolute atomic E-state index is 0.0712. The van der Waals surface area contributed by atoms with E-state index >= 15 is 0 Å². The minimum atomic E-state index is -0.518. The SMILES string of the molecule is CCN1CC(=O)N[C@H]2CCN(C(=O)c3ccc(=O)n(C)c3)C[C@@H]2OCc2cccc(c2)Oc2cc(ccc2OC)CCC1=O. The van der Waals surface area contributed by atoms with E-state index in [1.807, 2.05) is 49.4 Å². The number of likely N-dealkylation sites (tertiary alicyclic amines) is 1. The summed E-state index contributed by atoms with van der Waals surface area (Å²) in [5, 5.41) is 3.07. The number of pyridine rings is 1. The van der Waals surface area contributed by atoms with Crippen LogP contribution in [0.5, 0.6) is 17.2 Å². The van der Waals surface area contributed by atoms with Crippen molar-refractivity contribution in [2.45, 2.75) is 44.9 Å². The van der Waals surface area contributed by atoms with Gasteiger partial charge in [-0.15, -0.1) is 0 Å². The number of carbonyl (C=O) groups is 3. The van der Waals surface area contributed by atoms with Crippen LogP contribution >= 0.6 is 0 Å². The Balaban J connectivity index is 1.42. The molecule has 4 bridgehead atoms. The molecule has 2 aromatic carbocycles. The van der Waals surface area contributed by atoms with Crippen LogP contribution in [0.25, 0.3) is 0 Å². The van der Waals surface area contributed by atoms with Gasteiger partial charge in [0, 0.05) is 45.4 Å². The summed E-state index contributed by atoms with van der Waals surface area (Å²) in [5.74, 6) is 1.07. The van der Waals surface area contributed by atoms with Crippen LogP contribution in [0.4, 0.5) is 0 Å². The standard InChI is InChI=1S/C33H38N4O7/c1-4-36-20-30(38)34-26-14-15-37(33(41)24-10-13-31(39)35(2)18-24)19-29(26)43-21-23-6-5-7-25(16-23)44-28-17-22(9-12-32(36)40)8-11-27(28)42-3/h5-8,10-11,13,16-18,26,29H,4,9,12,14-15,19-21H2,1-3H3,(H,34,38)/t26-,29-/m0/s1. The summed E-state index contributed by atoms with van der Waals surface area (Å²) in [5.41, 5.74) is 1.97. The lowest BCUT2D eigenvalue weighted by Gasteiger charge is -2.39. The first-order valence-corrected chi connectivity index (χ1v) is 14.8. The first-order chi connectivity index (χ1) is 21.2. The zero-order chi connectivity index (χ0) is 31.2. The van der Waals surface area contributed by atoms with Crippen LogP contribution in [0.1, 0.15) is 41.3 Å². The molecular formula is C33H38N4O7. The molecule has 232 valence electrons. The zero-order valence-corrected chi connectivity index (χ0v) is 25.3. The maximum atomic E-state index is 13.4. The number of carbonyl (C=O) groups excluding carboxylic acids is 3. The normalized spacial score (nSPS) is 19.6. The number of amides is 3. The van der Waals surface area contributed by atoms with Crippen LogP contribution in [0.2, 0.25) is 0 Å². The van der Waals surface area contributed by atoms with E-state index in [0.717, 1.165) is 11.1 Å². The summed E-state index contributed by atoms with van der Waals surface area (Å²) < 4.78 is 19.5. The predicted octanol–water partition coefficient (Wildman–Crippen LogP) is 2.90. The molecule has 1 aromatic heterocycles. The molecule has 1 fully saturated rings. The number of piperidine rings is 1. The summed E-state index contributed by atoms with van der Waals surface area (Å²) in [4.78, 5) is 54.7. The maximum Gasteiger partial charge on any atom is 0.255 e. The highest BCUT2D eigenvalue weighted by Crippen LogP contribution is 2.33. The molecule has 0 saturated carbocycles. The Bertz CT molecular complexity index is 1590. The fourth-order valence-electron chi connectivity index (χ4n) is 5.53. The molecule has 2 aliphatic rings. The third kappa shape index (κ3) is 7.28. The molecule has 3 aromatic rings. The summed E-state index contributed by atoms with van der Waals surface area (Å²) in [6.07, 6.45) is 2.19. The number of aromatic nitrogens is 1. The number of likely N-dealkylation sites (N-methyl/N-ethyl adjacent to an activating group) is 1. The van der Waals surface area contributed by atoms with Crippen molar-refractivity contribution in [3.05, 3.63) is 87.8 Å². The highest BCUT2D eigenvalue weighted by molar-refractivity contribution is 5.94. The first-order valence-electron chi connectivity index (χ1n) is 14.8. The molecule has 0 radical (unpaired) electrons. The van der Waals surface area contributed by atoms with E-state index in [1.165, 1.54) is 22.9 Å². The number of methoxy groups -OCH3 is 1. The van der Waals surface area contributed by atoms with Gasteiger partial charge in [0.05, 0.1) is 38.0 Å². The molecule has 11 heteroatoms. The van der Waals surface area contributed by atoms with E-state index in [4.69, 9.17) is 14.2 Å². The molecule has 2 atom stereocenters. The molecule has 1 saturated heterocycles. The molecule has 5 rings (SSSR count). The monoisotopic (exact) mass is 602 g/mol. The molecule has 3 amide bonds. The Hall–Kier alpha value is -4.64. The lowest BCUT2D eigenvalue weighted by atomic mass is 10.0. The number of nitrogens with one attached hydrogen (secondary N) is 1. The number of fused-ring (bicyclic) bond motifs is 5. The van der Waals surface area contributed by atoms with Crippen LogP contribution in [0.3, 0.4) is 0 Å². The van der Waals surface area contributed by atoms with Crippen molar-refractivity contribution in [2.75, 3.05) is 33.3 Å².